The first-order valence-corrected chi connectivity index (χ1v) is 9.49. The number of carbonyl (C=O) groups excluding carboxylic acids is 2. The highest BCUT2D eigenvalue weighted by molar-refractivity contribution is 5.94. The fourth-order valence-electron chi connectivity index (χ4n) is 3.02. The van der Waals surface area contributed by atoms with Gasteiger partial charge in [0.15, 0.2) is 0 Å². The van der Waals surface area contributed by atoms with Crippen molar-refractivity contribution in [3.63, 3.8) is 0 Å². The van der Waals surface area contributed by atoms with Crippen LogP contribution in [0.3, 0.4) is 0 Å². The summed E-state index contributed by atoms with van der Waals surface area (Å²) in [7, 11) is 1.73. The number of halogens is 1. The molecule has 0 saturated heterocycles. The van der Waals surface area contributed by atoms with Crippen LogP contribution in [-0.4, -0.2) is 42.4 Å². The Morgan fingerprint density at radius 1 is 1.11 bits per heavy atom. The summed E-state index contributed by atoms with van der Waals surface area (Å²) >= 11 is 0. The van der Waals surface area contributed by atoms with Crippen molar-refractivity contribution in [3.8, 4) is 0 Å². The highest BCUT2D eigenvalue weighted by Crippen LogP contribution is 2.10. The molecular formula is C22H28FN3O2. The minimum atomic E-state index is -0.350. The van der Waals surface area contributed by atoms with Crippen LogP contribution in [0.1, 0.15) is 35.7 Å². The first-order chi connectivity index (χ1) is 13.4. The van der Waals surface area contributed by atoms with E-state index in [-0.39, 0.29) is 36.1 Å². The highest BCUT2D eigenvalue weighted by atomic mass is 19.1. The molecule has 5 nitrogen and oxygen atoms in total. The van der Waals surface area contributed by atoms with E-state index in [1.807, 2.05) is 25.1 Å². The van der Waals surface area contributed by atoms with E-state index in [9.17, 15) is 14.0 Å². The van der Waals surface area contributed by atoms with Crippen LogP contribution in [0.15, 0.2) is 54.6 Å². The number of hydrogen-bond acceptors (Lipinski definition) is 3. The van der Waals surface area contributed by atoms with Crippen molar-refractivity contribution in [1.29, 1.82) is 0 Å². The summed E-state index contributed by atoms with van der Waals surface area (Å²) in [6.07, 6.45) is 1.41. The van der Waals surface area contributed by atoms with Crippen LogP contribution in [0.2, 0.25) is 0 Å². The molecule has 6 heteroatoms. The molecule has 2 aromatic rings. The Labute approximate surface area is 165 Å². The van der Waals surface area contributed by atoms with Gasteiger partial charge in [0.2, 0.25) is 5.91 Å². The predicted octanol–water partition coefficient (Wildman–Crippen LogP) is 2.75. The number of benzene rings is 2. The maximum absolute atomic E-state index is 13.0. The van der Waals surface area contributed by atoms with Crippen LogP contribution in [0.4, 0.5) is 4.39 Å². The molecule has 0 aliphatic heterocycles. The molecule has 150 valence electrons. The van der Waals surface area contributed by atoms with E-state index < -0.39 is 0 Å². The van der Waals surface area contributed by atoms with Gasteiger partial charge in [0.25, 0.3) is 5.91 Å². The molecule has 0 spiro atoms. The molecule has 2 aromatic carbocycles. The standard InChI is InChI=1S/C22H28FN3O2/c1-3-20(15-25-22(28)17-7-5-4-6-8-17)26(2)21(27)14-19(24)13-16-9-11-18(23)12-10-16/h4-12,19-20H,3,13-15,24H2,1-2H3,(H,25,28)/t19?,20-/m0/s1. The van der Waals surface area contributed by atoms with Gasteiger partial charge in [0.05, 0.1) is 0 Å². The lowest BCUT2D eigenvalue weighted by Crippen LogP contribution is -2.46. The van der Waals surface area contributed by atoms with Gasteiger partial charge in [-0.2, -0.15) is 0 Å². The van der Waals surface area contributed by atoms with Crippen molar-refractivity contribution in [2.24, 2.45) is 5.73 Å². The number of hydrogen-bond donors (Lipinski definition) is 2. The van der Waals surface area contributed by atoms with Crippen LogP contribution in [0, 0.1) is 5.82 Å². The zero-order valence-electron chi connectivity index (χ0n) is 16.4. The third-order valence-electron chi connectivity index (χ3n) is 4.79. The van der Waals surface area contributed by atoms with Crippen molar-refractivity contribution >= 4 is 11.8 Å². The number of rotatable bonds is 9. The molecule has 0 bridgehead atoms. The third kappa shape index (κ3) is 6.46. The highest BCUT2D eigenvalue weighted by Gasteiger charge is 2.21. The summed E-state index contributed by atoms with van der Waals surface area (Å²) in [5, 5.41) is 2.88. The van der Waals surface area contributed by atoms with E-state index in [0.29, 0.717) is 24.9 Å². The van der Waals surface area contributed by atoms with Gasteiger partial charge in [0, 0.05) is 37.7 Å². The van der Waals surface area contributed by atoms with Crippen molar-refractivity contribution in [2.75, 3.05) is 13.6 Å². The van der Waals surface area contributed by atoms with Crippen LogP contribution in [0.5, 0.6) is 0 Å². The van der Waals surface area contributed by atoms with E-state index in [1.54, 1.807) is 36.2 Å². The molecule has 0 aliphatic rings. The number of carbonyl (C=O) groups is 2. The van der Waals surface area contributed by atoms with E-state index in [0.717, 1.165) is 5.56 Å². The molecule has 0 saturated carbocycles. The van der Waals surface area contributed by atoms with Crippen molar-refractivity contribution < 1.29 is 14.0 Å². The maximum Gasteiger partial charge on any atom is 0.251 e. The second-order valence-electron chi connectivity index (χ2n) is 6.94. The minimum absolute atomic E-state index is 0.0737. The molecule has 0 heterocycles. The number of nitrogens with zero attached hydrogens (tertiary/aromatic N) is 1. The quantitative estimate of drug-likeness (QED) is 0.697. The lowest BCUT2D eigenvalue weighted by atomic mass is 10.0. The molecule has 0 aromatic heterocycles. The number of nitrogens with one attached hydrogen (secondary N) is 1. The summed E-state index contributed by atoms with van der Waals surface area (Å²) in [4.78, 5) is 26.4. The summed E-state index contributed by atoms with van der Waals surface area (Å²) in [5.74, 6) is -0.528. The predicted molar refractivity (Wildman–Crippen MR) is 108 cm³/mol. The molecule has 0 aliphatic carbocycles. The normalized spacial score (nSPS) is 12.9. The third-order valence-corrected chi connectivity index (χ3v) is 4.79. The Hall–Kier alpha value is -2.73. The van der Waals surface area contributed by atoms with E-state index >= 15 is 0 Å². The van der Waals surface area contributed by atoms with Gasteiger partial charge in [-0.25, -0.2) is 4.39 Å². The van der Waals surface area contributed by atoms with Gasteiger partial charge >= 0.3 is 0 Å². The number of amides is 2. The first-order valence-electron chi connectivity index (χ1n) is 9.49. The van der Waals surface area contributed by atoms with Gasteiger partial charge in [-0.05, 0) is 42.7 Å². The lowest BCUT2D eigenvalue weighted by molar-refractivity contribution is -0.132. The van der Waals surface area contributed by atoms with Gasteiger partial charge < -0.3 is 16.0 Å². The van der Waals surface area contributed by atoms with Crippen molar-refractivity contribution in [1.82, 2.24) is 10.2 Å². The van der Waals surface area contributed by atoms with Gasteiger partial charge in [-0.1, -0.05) is 37.3 Å². The molecular weight excluding hydrogens is 357 g/mol. The molecule has 28 heavy (non-hydrogen) atoms. The first kappa shape index (κ1) is 21.6. The maximum atomic E-state index is 13.0. The Balaban J connectivity index is 1.84. The monoisotopic (exact) mass is 385 g/mol. The average Bonchev–Trinajstić information content (AvgIpc) is 2.70. The Bertz CT molecular complexity index is 765. The summed E-state index contributed by atoms with van der Waals surface area (Å²) in [5.41, 5.74) is 7.60. The second-order valence-corrected chi connectivity index (χ2v) is 6.94. The number of nitrogens with two attached hydrogens (primary N) is 1. The van der Waals surface area contributed by atoms with Gasteiger partial charge in [-0.15, -0.1) is 0 Å². The van der Waals surface area contributed by atoms with E-state index in [4.69, 9.17) is 5.73 Å². The zero-order chi connectivity index (χ0) is 20.5. The van der Waals surface area contributed by atoms with E-state index in [2.05, 4.69) is 5.32 Å². The molecule has 2 atom stereocenters. The zero-order valence-corrected chi connectivity index (χ0v) is 16.4. The fraction of sp³-hybridized carbons (Fsp3) is 0.364. The molecule has 0 fully saturated rings. The SMILES string of the molecule is CC[C@@H](CNC(=O)c1ccccc1)N(C)C(=O)CC(N)Cc1ccc(F)cc1. The summed E-state index contributed by atoms with van der Waals surface area (Å²) in [6.45, 7) is 2.35. The smallest absolute Gasteiger partial charge is 0.251 e. The molecule has 2 amide bonds. The Morgan fingerprint density at radius 2 is 1.75 bits per heavy atom. The van der Waals surface area contributed by atoms with Crippen LogP contribution >= 0.6 is 0 Å². The topological polar surface area (TPSA) is 75.4 Å². The Morgan fingerprint density at radius 3 is 2.36 bits per heavy atom. The Kier molecular flexibility index (Phi) is 8.14. The van der Waals surface area contributed by atoms with Gasteiger partial charge in [0.1, 0.15) is 5.82 Å². The fourth-order valence-corrected chi connectivity index (χ4v) is 3.02. The van der Waals surface area contributed by atoms with Crippen molar-refractivity contribution in [2.45, 2.75) is 38.3 Å². The van der Waals surface area contributed by atoms with Crippen LogP contribution < -0.4 is 11.1 Å². The average molecular weight is 385 g/mol. The number of likely N-dealkylation sites (N-methyl/N-ethyl adjacent to an activating group) is 1. The van der Waals surface area contributed by atoms with E-state index in [1.165, 1.54) is 12.1 Å². The van der Waals surface area contributed by atoms with Crippen LogP contribution in [0.25, 0.3) is 0 Å². The van der Waals surface area contributed by atoms with Gasteiger partial charge in [-0.3, -0.25) is 9.59 Å². The molecule has 2 rings (SSSR count). The van der Waals surface area contributed by atoms with Crippen LogP contribution in [-0.2, 0) is 11.2 Å². The minimum Gasteiger partial charge on any atom is -0.350 e. The second kappa shape index (κ2) is 10.6. The molecule has 3 N–H and O–H groups in total. The lowest BCUT2D eigenvalue weighted by Gasteiger charge is -2.28. The summed E-state index contributed by atoms with van der Waals surface area (Å²) in [6, 6.07) is 14.6. The molecule has 1 unspecified atom stereocenters. The largest absolute Gasteiger partial charge is 0.350 e. The molecule has 0 radical (unpaired) electrons. The summed E-state index contributed by atoms with van der Waals surface area (Å²) < 4.78 is 13.0. The van der Waals surface area contributed by atoms with Crippen molar-refractivity contribution in [3.05, 3.63) is 71.5 Å².